The van der Waals surface area contributed by atoms with Gasteiger partial charge >= 0.3 is 0 Å². The number of nitrogens with zero attached hydrogens (tertiary/aromatic N) is 3. The lowest BCUT2D eigenvalue weighted by molar-refractivity contribution is 0.0368. The Morgan fingerprint density at radius 3 is 2.75 bits per heavy atom. The average Bonchev–Trinajstić information content (AvgIpc) is 3.11. The third-order valence-electron chi connectivity index (χ3n) is 6.00. The summed E-state index contributed by atoms with van der Waals surface area (Å²) in [5, 5.41) is 6.04. The Kier molecular flexibility index (Phi) is 7.68. The van der Waals surface area contributed by atoms with E-state index in [1.807, 2.05) is 25.1 Å². The van der Waals surface area contributed by atoms with E-state index in [9.17, 15) is 0 Å². The summed E-state index contributed by atoms with van der Waals surface area (Å²) in [6.07, 6.45) is 3.25. The molecular formula is C25H31ClN4OS. The molecule has 2 aromatic carbocycles. The van der Waals surface area contributed by atoms with Gasteiger partial charge in [-0.25, -0.2) is 0 Å². The minimum absolute atomic E-state index is 0.686. The maximum atomic E-state index is 6.46. The van der Waals surface area contributed by atoms with Gasteiger partial charge in [-0.15, -0.1) is 0 Å². The highest BCUT2D eigenvalue weighted by Gasteiger charge is 2.17. The Labute approximate surface area is 200 Å². The summed E-state index contributed by atoms with van der Waals surface area (Å²) >= 11 is 12.3. The zero-order valence-electron chi connectivity index (χ0n) is 18.8. The van der Waals surface area contributed by atoms with Gasteiger partial charge in [0, 0.05) is 56.9 Å². The van der Waals surface area contributed by atoms with E-state index < -0.39 is 0 Å². The van der Waals surface area contributed by atoms with Crippen LogP contribution in [0.15, 0.2) is 48.7 Å². The van der Waals surface area contributed by atoms with Crippen molar-refractivity contribution in [3.05, 3.63) is 64.8 Å². The molecule has 1 saturated heterocycles. The Morgan fingerprint density at radius 2 is 1.97 bits per heavy atom. The second kappa shape index (κ2) is 10.7. The number of fused-ring (bicyclic) bond motifs is 1. The van der Waals surface area contributed by atoms with Crippen LogP contribution >= 0.6 is 23.8 Å². The van der Waals surface area contributed by atoms with Gasteiger partial charge in [0.1, 0.15) is 0 Å². The predicted octanol–water partition coefficient (Wildman–Crippen LogP) is 5.06. The Hall–Kier alpha value is -2.12. The van der Waals surface area contributed by atoms with Crippen LogP contribution in [0.25, 0.3) is 10.9 Å². The van der Waals surface area contributed by atoms with Gasteiger partial charge in [0.05, 0.1) is 23.9 Å². The third-order valence-corrected chi connectivity index (χ3v) is 6.67. The van der Waals surface area contributed by atoms with Crippen molar-refractivity contribution < 1.29 is 4.74 Å². The average molecular weight is 471 g/mol. The van der Waals surface area contributed by atoms with Gasteiger partial charge in [-0.05, 0) is 54.9 Å². The molecule has 1 N–H and O–H groups in total. The number of aryl methyl sites for hydroxylation is 2. The second-order valence-corrected chi connectivity index (χ2v) is 9.22. The Bertz CT molecular complexity index is 1080. The molecule has 1 aromatic heterocycles. The van der Waals surface area contributed by atoms with Gasteiger partial charge in [0.2, 0.25) is 0 Å². The molecule has 5 nitrogen and oxygen atoms in total. The molecule has 3 aromatic rings. The fourth-order valence-electron chi connectivity index (χ4n) is 4.24. The summed E-state index contributed by atoms with van der Waals surface area (Å²) in [6, 6.07) is 14.5. The fraction of sp³-hybridized carbons (Fsp3) is 0.400. The molecule has 0 atom stereocenters. The first-order valence-corrected chi connectivity index (χ1v) is 11.9. The van der Waals surface area contributed by atoms with Crippen molar-refractivity contribution in [1.82, 2.24) is 14.4 Å². The Balaban J connectivity index is 1.50. The van der Waals surface area contributed by atoms with Gasteiger partial charge in [0.15, 0.2) is 5.11 Å². The number of morpholine rings is 1. The topological polar surface area (TPSA) is 32.7 Å². The first-order valence-electron chi connectivity index (χ1n) is 11.2. The number of benzene rings is 2. The first-order chi connectivity index (χ1) is 15.5. The van der Waals surface area contributed by atoms with Gasteiger partial charge in [-0.2, -0.15) is 0 Å². The van der Waals surface area contributed by atoms with Crippen LogP contribution in [-0.2, 0) is 18.3 Å². The van der Waals surface area contributed by atoms with Crippen LogP contribution < -0.4 is 5.32 Å². The van der Waals surface area contributed by atoms with Crippen LogP contribution in [0, 0.1) is 6.92 Å². The monoisotopic (exact) mass is 470 g/mol. The SMILES string of the molecule is Cc1ccc(NC(=S)N(CCCN2CCOCC2)Cc2cn(C)c3ccccc23)c(Cl)c1. The van der Waals surface area contributed by atoms with Gasteiger partial charge in [-0.1, -0.05) is 35.9 Å². The number of hydrogen-bond acceptors (Lipinski definition) is 3. The fourth-order valence-corrected chi connectivity index (χ4v) is 4.78. The van der Waals surface area contributed by atoms with E-state index in [2.05, 4.69) is 57.2 Å². The number of nitrogens with one attached hydrogen (secondary N) is 1. The molecule has 170 valence electrons. The number of halogens is 1. The van der Waals surface area contributed by atoms with E-state index in [1.165, 1.54) is 16.5 Å². The molecule has 0 radical (unpaired) electrons. The van der Waals surface area contributed by atoms with Crippen LogP contribution in [0.3, 0.4) is 0 Å². The largest absolute Gasteiger partial charge is 0.379 e. The summed E-state index contributed by atoms with van der Waals surface area (Å²) in [5.41, 5.74) is 4.48. The van der Waals surface area contributed by atoms with Crippen molar-refractivity contribution in [2.75, 3.05) is 44.7 Å². The molecule has 0 aliphatic carbocycles. The molecule has 2 heterocycles. The summed E-state index contributed by atoms with van der Waals surface area (Å²) < 4.78 is 7.66. The zero-order chi connectivity index (χ0) is 22.5. The summed E-state index contributed by atoms with van der Waals surface area (Å²) in [4.78, 5) is 4.72. The highest BCUT2D eigenvalue weighted by molar-refractivity contribution is 7.80. The van der Waals surface area contributed by atoms with Crippen molar-refractivity contribution in [2.24, 2.45) is 7.05 Å². The summed E-state index contributed by atoms with van der Waals surface area (Å²) in [5.74, 6) is 0. The van der Waals surface area contributed by atoms with E-state index in [0.29, 0.717) is 10.1 Å². The number of rotatable bonds is 7. The first kappa shape index (κ1) is 23.1. The molecule has 1 aliphatic rings. The maximum Gasteiger partial charge on any atom is 0.173 e. The standard InChI is InChI=1S/C25H31ClN4OS/c1-19-8-9-23(22(26)16-19)27-25(32)30(11-5-10-29-12-14-31-15-13-29)18-20-17-28(2)24-7-4-3-6-21(20)24/h3-4,6-9,16-17H,5,10-15,18H2,1-2H3,(H,27,32). The predicted molar refractivity (Wildman–Crippen MR) is 138 cm³/mol. The molecule has 4 rings (SSSR count). The van der Waals surface area contributed by atoms with E-state index in [1.54, 1.807) is 0 Å². The molecule has 0 amide bonds. The summed E-state index contributed by atoms with van der Waals surface area (Å²) in [7, 11) is 2.09. The lowest BCUT2D eigenvalue weighted by Crippen LogP contribution is -2.40. The van der Waals surface area contributed by atoms with Crippen LogP contribution in [0.1, 0.15) is 17.5 Å². The van der Waals surface area contributed by atoms with E-state index in [-0.39, 0.29) is 0 Å². The number of thiocarbonyl (C=S) groups is 1. The number of hydrogen-bond donors (Lipinski definition) is 1. The zero-order valence-corrected chi connectivity index (χ0v) is 20.4. The number of ether oxygens (including phenoxy) is 1. The highest BCUT2D eigenvalue weighted by Crippen LogP contribution is 2.25. The normalized spacial score (nSPS) is 14.6. The number of anilines is 1. The molecule has 32 heavy (non-hydrogen) atoms. The Morgan fingerprint density at radius 1 is 1.19 bits per heavy atom. The van der Waals surface area contributed by atoms with Crippen molar-refractivity contribution in [3.8, 4) is 0 Å². The van der Waals surface area contributed by atoms with Crippen LogP contribution in [-0.4, -0.2) is 58.9 Å². The van der Waals surface area contributed by atoms with E-state index in [4.69, 9.17) is 28.6 Å². The molecule has 0 unspecified atom stereocenters. The molecule has 0 spiro atoms. The molecular weight excluding hydrogens is 440 g/mol. The lowest BCUT2D eigenvalue weighted by atomic mass is 10.1. The van der Waals surface area contributed by atoms with E-state index in [0.717, 1.165) is 63.6 Å². The second-order valence-electron chi connectivity index (χ2n) is 8.42. The van der Waals surface area contributed by atoms with Gasteiger partial charge in [0.25, 0.3) is 0 Å². The number of para-hydroxylation sites is 1. The molecule has 7 heteroatoms. The number of aromatic nitrogens is 1. The minimum atomic E-state index is 0.686. The summed E-state index contributed by atoms with van der Waals surface area (Å²) in [6.45, 7) is 8.36. The van der Waals surface area contributed by atoms with Crippen molar-refractivity contribution in [3.63, 3.8) is 0 Å². The van der Waals surface area contributed by atoms with E-state index >= 15 is 0 Å². The minimum Gasteiger partial charge on any atom is -0.379 e. The molecule has 1 aliphatic heterocycles. The van der Waals surface area contributed by atoms with Crippen molar-refractivity contribution >= 4 is 45.5 Å². The quantitative estimate of drug-likeness (QED) is 0.488. The van der Waals surface area contributed by atoms with Crippen LogP contribution in [0.2, 0.25) is 5.02 Å². The third kappa shape index (κ3) is 5.62. The van der Waals surface area contributed by atoms with Crippen LogP contribution in [0.5, 0.6) is 0 Å². The van der Waals surface area contributed by atoms with Crippen molar-refractivity contribution in [1.29, 1.82) is 0 Å². The van der Waals surface area contributed by atoms with Crippen molar-refractivity contribution in [2.45, 2.75) is 19.9 Å². The van der Waals surface area contributed by atoms with Crippen LogP contribution in [0.4, 0.5) is 5.69 Å². The highest BCUT2D eigenvalue weighted by atomic mass is 35.5. The smallest absolute Gasteiger partial charge is 0.173 e. The van der Waals surface area contributed by atoms with Gasteiger partial charge < -0.3 is 19.5 Å². The molecule has 1 fully saturated rings. The lowest BCUT2D eigenvalue weighted by Gasteiger charge is -2.29. The molecule has 0 saturated carbocycles. The maximum absolute atomic E-state index is 6.46. The molecule has 0 bridgehead atoms. The van der Waals surface area contributed by atoms with Gasteiger partial charge in [-0.3, -0.25) is 4.90 Å².